The van der Waals surface area contributed by atoms with Crippen LogP contribution in [0.3, 0.4) is 0 Å². The Morgan fingerprint density at radius 2 is 2.33 bits per heavy atom. The van der Waals surface area contributed by atoms with Crippen molar-refractivity contribution in [2.24, 2.45) is 5.92 Å². The summed E-state index contributed by atoms with van der Waals surface area (Å²) in [5, 5.41) is 0. The van der Waals surface area contributed by atoms with Gasteiger partial charge in [-0.1, -0.05) is 26.0 Å². The van der Waals surface area contributed by atoms with E-state index in [1.54, 1.807) is 0 Å². The largest absolute Gasteiger partial charge is 0.501 e. The lowest BCUT2D eigenvalue weighted by Gasteiger charge is -2.09. The fraction of sp³-hybridized carbons (Fsp3) is 0.636. The molecule has 0 amide bonds. The minimum atomic E-state index is 0.626. The first kappa shape index (κ1) is 9.37. The van der Waals surface area contributed by atoms with Gasteiger partial charge in [0.25, 0.3) is 0 Å². The first-order valence-corrected chi connectivity index (χ1v) is 4.73. The molecule has 0 saturated carbocycles. The third kappa shape index (κ3) is 3.61. The quantitative estimate of drug-likeness (QED) is 0.462. The molecule has 0 aromatic heterocycles. The molecule has 68 valence electrons. The van der Waals surface area contributed by atoms with Gasteiger partial charge in [0.1, 0.15) is 0 Å². The van der Waals surface area contributed by atoms with Gasteiger partial charge in [0.15, 0.2) is 0 Å². The van der Waals surface area contributed by atoms with Gasteiger partial charge >= 0.3 is 0 Å². The Bertz CT molecular complexity index is 177. The van der Waals surface area contributed by atoms with Crippen LogP contribution in [0.4, 0.5) is 0 Å². The van der Waals surface area contributed by atoms with Gasteiger partial charge in [-0.15, -0.1) is 0 Å². The molecule has 1 heteroatoms. The molecule has 0 radical (unpaired) electrons. The van der Waals surface area contributed by atoms with E-state index < -0.39 is 0 Å². The highest BCUT2D eigenvalue weighted by Crippen LogP contribution is 2.16. The second kappa shape index (κ2) is 5.02. The van der Waals surface area contributed by atoms with Gasteiger partial charge in [0, 0.05) is 0 Å². The van der Waals surface area contributed by atoms with Crippen LogP contribution in [0.2, 0.25) is 0 Å². The van der Waals surface area contributed by atoms with E-state index >= 15 is 0 Å². The van der Waals surface area contributed by atoms with Crippen molar-refractivity contribution in [2.45, 2.75) is 33.1 Å². The summed E-state index contributed by atoms with van der Waals surface area (Å²) in [4.78, 5) is 0. The van der Waals surface area contributed by atoms with Gasteiger partial charge in [0.2, 0.25) is 0 Å². The van der Waals surface area contributed by atoms with Crippen molar-refractivity contribution in [1.82, 2.24) is 0 Å². The lowest BCUT2D eigenvalue weighted by Crippen LogP contribution is -1.98. The normalized spacial score (nSPS) is 20.4. The molecule has 0 aromatic carbocycles. The Labute approximate surface area is 75.1 Å². The van der Waals surface area contributed by atoms with Crippen molar-refractivity contribution in [3.63, 3.8) is 0 Å². The van der Waals surface area contributed by atoms with Gasteiger partial charge in [-0.25, -0.2) is 0 Å². The standard InChI is InChI=1S/C11H18O/c1-10(2)8-12-9-11-6-4-3-5-7-11/h3-4,9-10H,5-8H2,1-2H3. The Kier molecular flexibility index (Phi) is 3.92. The van der Waals surface area contributed by atoms with Gasteiger partial charge in [-0.2, -0.15) is 0 Å². The maximum Gasteiger partial charge on any atom is 0.0896 e. The van der Waals surface area contributed by atoms with Crippen molar-refractivity contribution in [2.75, 3.05) is 6.61 Å². The van der Waals surface area contributed by atoms with E-state index in [0.717, 1.165) is 13.0 Å². The molecule has 0 aromatic rings. The molecule has 0 heterocycles. The Hall–Kier alpha value is -0.720. The number of hydrogen-bond acceptors (Lipinski definition) is 1. The summed E-state index contributed by atoms with van der Waals surface area (Å²) >= 11 is 0. The minimum absolute atomic E-state index is 0.626. The first-order valence-electron chi connectivity index (χ1n) is 4.73. The third-order valence-electron chi connectivity index (χ3n) is 1.86. The second-order valence-corrected chi connectivity index (χ2v) is 3.72. The van der Waals surface area contributed by atoms with Crippen LogP contribution in [0.25, 0.3) is 0 Å². The maximum atomic E-state index is 5.44. The van der Waals surface area contributed by atoms with Crippen molar-refractivity contribution in [1.29, 1.82) is 0 Å². The topological polar surface area (TPSA) is 9.23 Å². The highest BCUT2D eigenvalue weighted by atomic mass is 16.5. The van der Waals surface area contributed by atoms with Crippen LogP contribution in [0, 0.1) is 5.92 Å². The van der Waals surface area contributed by atoms with E-state index in [2.05, 4.69) is 26.0 Å². The molecule has 1 aliphatic carbocycles. The summed E-state index contributed by atoms with van der Waals surface area (Å²) in [5.41, 5.74) is 1.43. The van der Waals surface area contributed by atoms with Gasteiger partial charge in [-0.3, -0.25) is 0 Å². The zero-order valence-corrected chi connectivity index (χ0v) is 8.05. The summed E-state index contributed by atoms with van der Waals surface area (Å²) in [7, 11) is 0. The predicted molar refractivity (Wildman–Crippen MR) is 51.9 cm³/mol. The summed E-state index contributed by atoms with van der Waals surface area (Å²) in [6.45, 7) is 5.17. The summed E-state index contributed by atoms with van der Waals surface area (Å²) < 4.78 is 5.44. The highest BCUT2D eigenvalue weighted by molar-refractivity contribution is 5.10. The molecule has 0 N–H and O–H groups in total. The Morgan fingerprint density at radius 3 is 2.92 bits per heavy atom. The molecule has 0 unspecified atom stereocenters. The molecule has 0 aliphatic heterocycles. The fourth-order valence-corrected chi connectivity index (χ4v) is 1.19. The van der Waals surface area contributed by atoms with Crippen LogP contribution in [-0.4, -0.2) is 6.61 Å². The number of rotatable bonds is 3. The molecular weight excluding hydrogens is 148 g/mol. The first-order chi connectivity index (χ1) is 5.79. The van der Waals surface area contributed by atoms with Crippen molar-refractivity contribution in [3.05, 3.63) is 24.0 Å². The minimum Gasteiger partial charge on any atom is -0.501 e. The van der Waals surface area contributed by atoms with E-state index in [-0.39, 0.29) is 0 Å². The second-order valence-electron chi connectivity index (χ2n) is 3.72. The predicted octanol–water partition coefficient (Wildman–Crippen LogP) is 3.28. The van der Waals surface area contributed by atoms with Gasteiger partial charge < -0.3 is 4.74 Å². The molecule has 1 rings (SSSR count). The van der Waals surface area contributed by atoms with E-state index in [0.29, 0.717) is 5.92 Å². The number of hydrogen-bond donors (Lipinski definition) is 0. The molecule has 0 fully saturated rings. The lowest BCUT2D eigenvalue weighted by molar-refractivity contribution is 0.208. The number of ether oxygens (including phenoxy) is 1. The summed E-state index contributed by atoms with van der Waals surface area (Å²) in [6, 6.07) is 0. The van der Waals surface area contributed by atoms with Crippen molar-refractivity contribution >= 4 is 0 Å². The molecule has 0 saturated heterocycles. The average Bonchev–Trinajstić information content (AvgIpc) is 2.05. The van der Waals surface area contributed by atoms with Gasteiger partial charge in [-0.05, 0) is 30.8 Å². The molecule has 0 spiro atoms. The molecule has 0 bridgehead atoms. The maximum absolute atomic E-state index is 5.44. The zero-order valence-electron chi connectivity index (χ0n) is 8.05. The van der Waals surface area contributed by atoms with Crippen molar-refractivity contribution < 1.29 is 4.74 Å². The average molecular weight is 166 g/mol. The van der Waals surface area contributed by atoms with Crippen LogP contribution in [0.1, 0.15) is 33.1 Å². The third-order valence-corrected chi connectivity index (χ3v) is 1.86. The van der Waals surface area contributed by atoms with Crippen LogP contribution >= 0.6 is 0 Å². The van der Waals surface area contributed by atoms with E-state index in [4.69, 9.17) is 4.74 Å². The van der Waals surface area contributed by atoms with Crippen LogP contribution in [0.5, 0.6) is 0 Å². The monoisotopic (exact) mass is 166 g/mol. The summed E-state index contributed by atoms with van der Waals surface area (Å²) in [5.74, 6) is 0.626. The van der Waals surface area contributed by atoms with Crippen molar-refractivity contribution in [3.8, 4) is 0 Å². The number of allylic oxidation sites excluding steroid dienone is 3. The molecule has 12 heavy (non-hydrogen) atoms. The van der Waals surface area contributed by atoms with Crippen LogP contribution < -0.4 is 0 Å². The molecule has 1 aliphatic rings. The van der Waals surface area contributed by atoms with Crippen LogP contribution in [-0.2, 0) is 4.74 Å². The molecule has 0 atom stereocenters. The van der Waals surface area contributed by atoms with E-state index in [1.807, 2.05) is 6.26 Å². The molecule has 1 nitrogen and oxygen atoms in total. The lowest BCUT2D eigenvalue weighted by atomic mass is 10.0. The van der Waals surface area contributed by atoms with E-state index in [9.17, 15) is 0 Å². The van der Waals surface area contributed by atoms with E-state index in [1.165, 1.54) is 18.4 Å². The van der Waals surface area contributed by atoms with Crippen LogP contribution in [0.15, 0.2) is 24.0 Å². The SMILES string of the molecule is CC(C)COC=C1CC=CCC1. The van der Waals surface area contributed by atoms with Gasteiger partial charge in [0.05, 0.1) is 12.9 Å². The summed E-state index contributed by atoms with van der Waals surface area (Å²) in [6.07, 6.45) is 9.83. The fourth-order valence-electron chi connectivity index (χ4n) is 1.19. The Balaban J connectivity index is 2.22. The molecular formula is C11H18O. The highest BCUT2D eigenvalue weighted by Gasteiger charge is 1.99. The Morgan fingerprint density at radius 1 is 1.50 bits per heavy atom. The zero-order chi connectivity index (χ0) is 8.81. The smallest absolute Gasteiger partial charge is 0.0896 e.